The summed E-state index contributed by atoms with van der Waals surface area (Å²) in [4.78, 5) is 19.6. The van der Waals surface area contributed by atoms with E-state index in [0.717, 1.165) is 22.2 Å². The van der Waals surface area contributed by atoms with Gasteiger partial charge in [-0.2, -0.15) is 13.2 Å². The molecule has 1 amide bonds. The molecular formula is C19H23F3N4O3. The summed E-state index contributed by atoms with van der Waals surface area (Å²) in [7, 11) is 2.92. The first-order chi connectivity index (χ1) is 13.7. The highest BCUT2D eigenvalue weighted by molar-refractivity contribution is 5.78. The predicted octanol–water partition coefficient (Wildman–Crippen LogP) is 1.92. The molecule has 0 aliphatic carbocycles. The van der Waals surface area contributed by atoms with Gasteiger partial charge in [-0.3, -0.25) is 4.79 Å². The van der Waals surface area contributed by atoms with E-state index in [-0.39, 0.29) is 13.1 Å². The topological polar surface area (TPSA) is 70.8 Å². The number of aryl methyl sites for hydroxylation is 1. The summed E-state index contributed by atoms with van der Waals surface area (Å²) in [5.41, 5.74) is -2.40. The van der Waals surface area contributed by atoms with Gasteiger partial charge >= 0.3 is 6.18 Å². The number of amides is 1. The van der Waals surface area contributed by atoms with E-state index in [0.29, 0.717) is 13.1 Å². The second kappa shape index (κ2) is 7.94. The highest BCUT2D eigenvalue weighted by atomic mass is 19.4. The number of carbonyl (C=O) groups excluding carboxylic acids is 1. The zero-order chi connectivity index (χ0) is 21.2. The highest BCUT2D eigenvalue weighted by Gasteiger charge is 2.59. The van der Waals surface area contributed by atoms with Crippen LogP contribution in [0, 0.1) is 0 Å². The molecule has 10 heteroatoms. The minimum Gasteiger partial charge on any atom is -0.497 e. The van der Waals surface area contributed by atoms with Gasteiger partial charge in [0.2, 0.25) is 11.5 Å². The summed E-state index contributed by atoms with van der Waals surface area (Å²) in [6.45, 7) is 1.48. The van der Waals surface area contributed by atoms with Crippen LogP contribution in [0.25, 0.3) is 0 Å². The van der Waals surface area contributed by atoms with E-state index >= 15 is 0 Å². The van der Waals surface area contributed by atoms with Crippen LogP contribution in [0.5, 0.6) is 5.75 Å². The van der Waals surface area contributed by atoms with Gasteiger partial charge in [-0.1, -0.05) is 0 Å². The average Bonchev–Trinajstić information content (AvgIpc) is 3.13. The summed E-state index contributed by atoms with van der Waals surface area (Å²) in [6.07, 6.45) is -3.69. The van der Waals surface area contributed by atoms with E-state index in [1.54, 1.807) is 7.11 Å². The summed E-state index contributed by atoms with van der Waals surface area (Å²) in [5, 5.41) is 10.4. The fourth-order valence-corrected chi connectivity index (χ4v) is 3.41. The minimum absolute atomic E-state index is 0.263. The smallest absolute Gasteiger partial charge is 0.425 e. The largest absolute Gasteiger partial charge is 0.497 e. The van der Waals surface area contributed by atoms with Gasteiger partial charge in [0.15, 0.2) is 5.82 Å². The molecule has 0 bridgehead atoms. The van der Waals surface area contributed by atoms with Crippen LogP contribution in [0.3, 0.4) is 0 Å². The van der Waals surface area contributed by atoms with Crippen molar-refractivity contribution in [3.8, 4) is 5.75 Å². The van der Waals surface area contributed by atoms with Crippen molar-refractivity contribution in [1.29, 1.82) is 0 Å². The Morgan fingerprint density at radius 3 is 2.28 bits per heavy atom. The van der Waals surface area contributed by atoms with Crippen molar-refractivity contribution < 1.29 is 27.8 Å². The molecule has 1 N–H and O–H groups in total. The molecule has 1 aliphatic rings. The minimum atomic E-state index is -5.04. The lowest BCUT2D eigenvalue weighted by Gasteiger charge is -2.38. The van der Waals surface area contributed by atoms with Crippen molar-refractivity contribution in [2.24, 2.45) is 7.05 Å². The van der Waals surface area contributed by atoms with E-state index in [2.05, 4.69) is 4.98 Å². The number of aliphatic hydroxyl groups is 1. The lowest BCUT2D eigenvalue weighted by atomic mass is 9.96. The number of ether oxygens (including phenoxy) is 1. The number of methoxy groups -OCH3 is 1. The van der Waals surface area contributed by atoms with Crippen LogP contribution in [0.4, 0.5) is 18.9 Å². The SMILES string of the molecule is COc1ccc(N2CCN(C(=O)CC(O)(c3nccn3C)C(F)(F)F)CC2)cc1. The molecule has 0 radical (unpaired) electrons. The fraction of sp³-hybridized carbons (Fsp3) is 0.474. The molecule has 3 rings (SSSR count). The van der Waals surface area contributed by atoms with Crippen molar-refractivity contribution in [1.82, 2.24) is 14.5 Å². The molecule has 1 aromatic heterocycles. The maximum absolute atomic E-state index is 13.6. The molecule has 0 spiro atoms. The second-order valence-electron chi connectivity index (χ2n) is 6.96. The molecule has 1 atom stereocenters. The van der Waals surface area contributed by atoms with Crippen LogP contribution in [-0.4, -0.2) is 64.9 Å². The van der Waals surface area contributed by atoms with Crippen LogP contribution in [0.1, 0.15) is 12.2 Å². The van der Waals surface area contributed by atoms with Gasteiger partial charge in [-0.05, 0) is 24.3 Å². The zero-order valence-electron chi connectivity index (χ0n) is 16.2. The molecule has 0 saturated carbocycles. The third-order valence-corrected chi connectivity index (χ3v) is 5.14. The first kappa shape index (κ1) is 21.0. The Kier molecular flexibility index (Phi) is 5.74. The van der Waals surface area contributed by atoms with Gasteiger partial charge < -0.3 is 24.2 Å². The van der Waals surface area contributed by atoms with Crippen LogP contribution >= 0.6 is 0 Å². The first-order valence-corrected chi connectivity index (χ1v) is 9.09. The van der Waals surface area contributed by atoms with Crippen LogP contribution in [0.15, 0.2) is 36.7 Å². The fourth-order valence-electron chi connectivity index (χ4n) is 3.41. The van der Waals surface area contributed by atoms with Crippen molar-refractivity contribution in [3.63, 3.8) is 0 Å². The third-order valence-electron chi connectivity index (χ3n) is 5.14. The number of rotatable bonds is 5. The molecule has 1 saturated heterocycles. The summed E-state index contributed by atoms with van der Waals surface area (Å²) < 4.78 is 47.1. The van der Waals surface area contributed by atoms with Crippen molar-refractivity contribution in [3.05, 3.63) is 42.5 Å². The van der Waals surface area contributed by atoms with Crippen LogP contribution < -0.4 is 9.64 Å². The first-order valence-electron chi connectivity index (χ1n) is 9.09. The van der Waals surface area contributed by atoms with E-state index < -0.39 is 29.9 Å². The molecule has 1 fully saturated rings. The zero-order valence-corrected chi connectivity index (χ0v) is 16.2. The molecule has 2 heterocycles. The lowest BCUT2D eigenvalue weighted by Crippen LogP contribution is -2.53. The molecule has 29 heavy (non-hydrogen) atoms. The number of benzene rings is 1. The van der Waals surface area contributed by atoms with Gasteiger partial charge in [0.25, 0.3) is 0 Å². The van der Waals surface area contributed by atoms with E-state index in [1.165, 1.54) is 18.1 Å². The third kappa shape index (κ3) is 4.16. The molecule has 1 aliphatic heterocycles. The number of halogens is 3. The Bertz CT molecular complexity index is 845. The Morgan fingerprint density at radius 2 is 1.79 bits per heavy atom. The van der Waals surface area contributed by atoms with Crippen LogP contribution in [0.2, 0.25) is 0 Å². The van der Waals surface area contributed by atoms with Gasteiger partial charge in [0.1, 0.15) is 5.75 Å². The van der Waals surface area contributed by atoms with E-state index in [1.807, 2.05) is 29.2 Å². The lowest BCUT2D eigenvalue weighted by molar-refractivity contribution is -0.272. The monoisotopic (exact) mass is 412 g/mol. The average molecular weight is 412 g/mol. The Morgan fingerprint density at radius 1 is 1.17 bits per heavy atom. The quantitative estimate of drug-likeness (QED) is 0.813. The summed E-state index contributed by atoms with van der Waals surface area (Å²) in [6, 6.07) is 7.42. The van der Waals surface area contributed by atoms with Gasteiger partial charge in [0, 0.05) is 51.3 Å². The van der Waals surface area contributed by atoms with E-state index in [4.69, 9.17) is 4.74 Å². The van der Waals surface area contributed by atoms with E-state index in [9.17, 15) is 23.1 Å². The number of aromatic nitrogens is 2. The summed E-state index contributed by atoms with van der Waals surface area (Å²) in [5.74, 6) is -0.638. The van der Waals surface area contributed by atoms with Crippen molar-refractivity contribution >= 4 is 11.6 Å². The van der Waals surface area contributed by atoms with Crippen molar-refractivity contribution in [2.75, 3.05) is 38.2 Å². The Balaban J connectivity index is 1.67. The number of piperazine rings is 1. The Hall–Kier alpha value is -2.75. The molecule has 2 aromatic rings. The van der Waals surface area contributed by atoms with Crippen LogP contribution in [-0.2, 0) is 17.4 Å². The highest BCUT2D eigenvalue weighted by Crippen LogP contribution is 2.41. The number of carbonyl (C=O) groups is 1. The molecule has 158 valence electrons. The van der Waals surface area contributed by atoms with Gasteiger partial charge in [0.05, 0.1) is 13.5 Å². The molecular weight excluding hydrogens is 389 g/mol. The number of hydrogen-bond acceptors (Lipinski definition) is 5. The van der Waals surface area contributed by atoms with Gasteiger partial charge in [-0.15, -0.1) is 0 Å². The second-order valence-corrected chi connectivity index (χ2v) is 6.96. The number of anilines is 1. The molecule has 1 unspecified atom stereocenters. The van der Waals surface area contributed by atoms with Crippen molar-refractivity contribution in [2.45, 2.75) is 18.2 Å². The maximum Gasteiger partial charge on any atom is 0.425 e. The number of hydrogen-bond donors (Lipinski definition) is 1. The Labute approximate surface area is 166 Å². The number of alkyl halides is 3. The number of nitrogens with zero attached hydrogens (tertiary/aromatic N) is 4. The maximum atomic E-state index is 13.6. The molecule has 7 nitrogen and oxygen atoms in total. The predicted molar refractivity (Wildman–Crippen MR) is 99.6 cm³/mol. The normalized spacial score (nSPS) is 17.2. The van der Waals surface area contributed by atoms with Gasteiger partial charge in [-0.25, -0.2) is 4.98 Å². The summed E-state index contributed by atoms with van der Waals surface area (Å²) >= 11 is 0. The molecule has 1 aromatic carbocycles. The standard InChI is InChI=1S/C19H23F3N4O3/c1-24-8-7-23-17(24)18(28,19(20,21)22)13-16(27)26-11-9-25(10-12-26)14-3-5-15(29-2)6-4-14/h3-8,28H,9-13H2,1-2H3. The number of imidazole rings is 1.